The molecular weight excluding hydrogens is 156 g/mol. The average molecular weight is 164 g/mol. The van der Waals surface area contributed by atoms with E-state index in [2.05, 4.69) is 0 Å². The number of ether oxygens (including phenoxy) is 1. The first-order valence-electron chi connectivity index (χ1n) is 3.40. The van der Waals surface area contributed by atoms with Crippen LogP contribution in [-0.4, -0.2) is 11.1 Å². The van der Waals surface area contributed by atoms with Crippen LogP contribution in [0.15, 0.2) is 42.7 Å². The molecule has 0 saturated carbocycles. The second-order valence-corrected chi connectivity index (χ2v) is 2.05. The highest BCUT2D eigenvalue weighted by Crippen LogP contribution is 2.08. The van der Waals surface area contributed by atoms with E-state index >= 15 is 0 Å². The van der Waals surface area contributed by atoms with Gasteiger partial charge < -0.3 is 9.84 Å². The Bertz CT molecular complexity index is 277. The summed E-state index contributed by atoms with van der Waals surface area (Å²) in [5, 5.41) is 8.23. The summed E-state index contributed by atoms with van der Waals surface area (Å²) in [6, 6.07) is 8.64. The summed E-state index contributed by atoms with van der Waals surface area (Å²) in [6.45, 7) is 0. The second-order valence-electron chi connectivity index (χ2n) is 2.05. The Labute approximate surface area is 69.9 Å². The van der Waals surface area contributed by atoms with Crippen molar-refractivity contribution in [2.45, 2.75) is 0 Å². The van der Waals surface area contributed by atoms with E-state index in [0.717, 1.165) is 6.08 Å². The van der Waals surface area contributed by atoms with Crippen LogP contribution in [0.5, 0.6) is 5.75 Å². The topological polar surface area (TPSA) is 46.5 Å². The number of esters is 1. The maximum absolute atomic E-state index is 10.7. The van der Waals surface area contributed by atoms with E-state index in [1.165, 1.54) is 0 Å². The minimum atomic E-state index is -0.594. The van der Waals surface area contributed by atoms with Crippen LogP contribution in [0, 0.1) is 0 Å². The van der Waals surface area contributed by atoms with Crippen molar-refractivity contribution in [3.8, 4) is 5.75 Å². The van der Waals surface area contributed by atoms with Crippen molar-refractivity contribution >= 4 is 5.97 Å². The maximum Gasteiger partial charge on any atom is 0.339 e. The number of carbonyl (C=O) groups excluding carboxylic acids is 1. The van der Waals surface area contributed by atoms with Gasteiger partial charge >= 0.3 is 5.97 Å². The number of benzene rings is 1. The van der Waals surface area contributed by atoms with Gasteiger partial charge in [0.1, 0.15) is 5.75 Å². The van der Waals surface area contributed by atoms with Crippen LogP contribution in [0.3, 0.4) is 0 Å². The first-order chi connectivity index (χ1) is 5.83. The molecule has 1 aromatic carbocycles. The molecule has 0 heterocycles. The van der Waals surface area contributed by atoms with Crippen LogP contribution in [0.1, 0.15) is 0 Å². The van der Waals surface area contributed by atoms with E-state index in [-0.39, 0.29) is 0 Å². The molecule has 0 spiro atoms. The van der Waals surface area contributed by atoms with E-state index in [1.807, 2.05) is 6.07 Å². The molecular formula is C9H8O3. The molecule has 3 nitrogen and oxygen atoms in total. The predicted molar refractivity (Wildman–Crippen MR) is 43.8 cm³/mol. The van der Waals surface area contributed by atoms with Crippen LogP contribution >= 0.6 is 0 Å². The SMILES string of the molecule is O=C(C=CO)Oc1ccccc1. The van der Waals surface area contributed by atoms with Gasteiger partial charge in [0.15, 0.2) is 0 Å². The third-order valence-electron chi connectivity index (χ3n) is 1.17. The lowest BCUT2D eigenvalue weighted by Gasteiger charge is -1.98. The number of aliphatic hydroxyl groups excluding tert-OH is 1. The smallest absolute Gasteiger partial charge is 0.339 e. The van der Waals surface area contributed by atoms with Crippen LogP contribution in [0.4, 0.5) is 0 Å². The van der Waals surface area contributed by atoms with E-state index in [4.69, 9.17) is 9.84 Å². The molecule has 0 aliphatic rings. The minimum Gasteiger partial charge on any atom is -0.515 e. The van der Waals surface area contributed by atoms with Gasteiger partial charge in [0, 0.05) is 0 Å². The van der Waals surface area contributed by atoms with Gasteiger partial charge in [-0.05, 0) is 12.1 Å². The zero-order valence-corrected chi connectivity index (χ0v) is 6.31. The van der Waals surface area contributed by atoms with Gasteiger partial charge in [-0.3, -0.25) is 0 Å². The Kier molecular flexibility index (Phi) is 2.90. The minimum absolute atomic E-state index is 0.459. The first-order valence-corrected chi connectivity index (χ1v) is 3.40. The molecule has 12 heavy (non-hydrogen) atoms. The first kappa shape index (κ1) is 8.33. The van der Waals surface area contributed by atoms with Crippen molar-refractivity contribution in [2.75, 3.05) is 0 Å². The fourth-order valence-electron chi connectivity index (χ4n) is 0.700. The molecule has 1 N–H and O–H groups in total. The summed E-state index contributed by atoms with van der Waals surface area (Å²) in [7, 11) is 0. The van der Waals surface area contributed by atoms with Gasteiger partial charge in [-0.25, -0.2) is 4.79 Å². The van der Waals surface area contributed by atoms with Crippen molar-refractivity contribution in [3.63, 3.8) is 0 Å². The van der Waals surface area contributed by atoms with Gasteiger partial charge in [-0.2, -0.15) is 0 Å². The van der Waals surface area contributed by atoms with E-state index in [0.29, 0.717) is 12.0 Å². The number of rotatable bonds is 2. The quantitative estimate of drug-likeness (QED) is 0.313. The van der Waals surface area contributed by atoms with Crippen molar-refractivity contribution in [3.05, 3.63) is 42.7 Å². The third kappa shape index (κ3) is 2.46. The fourth-order valence-corrected chi connectivity index (χ4v) is 0.700. The molecule has 0 bridgehead atoms. The van der Waals surface area contributed by atoms with Crippen LogP contribution in [-0.2, 0) is 4.79 Å². The zero-order chi connectivity index (χ0) is 8.81. The van der Waals surface area contributed by atoms with Crippen molar-refractivity contribution in [2.24, 2.45) is 0 Å². The molecule has 0 aromatic heterocycles. The summed E-state index contributed by atoms with van der Waals surface area (Å²) in [5.41, 5.74) is 0. The zero-order valence-electron chi connectivity index (χ0n) is 6.31. The molecule has 62 valence electrons. The van der Waals surface area contributed by atoms with E-state index in [9.17, 15) is 4.79 Å². The molecule has 0 atom stereocenters. The highest BCUT2D eigenvalue weighted by atomic mass is 16.5. The lowest BCUT2D eigenvalue weighted by Crippen LogP contribution is -2.03. The lowest BCUT2D eigenvalue weighted by atomic mass is 10.3. The van der Waals surface area contributed by atoms with Crippen molar-refractivity contribution < 1.29 is 14.6 Å². The van der Waals surface area contributed by atoms with Crippen LogP contribution in [0.2, 0.25) is 0 Å². The standard InChI is InChI=1S/C9H8O3/c10-7-6-9(11)12-8-4-2-1-3-5-8/h1-7,10H. The molecule has 0 unspecified atom stereocenters. The van der Waals surface area contributed by atoms with Gasteiger partial charge in [0.2, 0.25) is 0 Å². The number of para-hydroxylation sites is 1. The highest BCUT2D eigenvalue weighted by Gasteiger charge is 1.97. The van der Waals surface area contributed by atoms with E-state index in [1.54, 1.807) is 24.3 Å². The van der Waals surface area contributed by atoms with Gasteiger partial charge in [0.25, 0.3) is 0 Å². The number of hydrogen-bond donors (Lipinski definition) is 1. The average Bonchev–Trinajstić information content (AvgIpc) is 2.06. The molecule has 0 amide bonds. The van der Waals surface area contributed by atoms with Crippen molar-refractivity contribution in [1.82, 2.24) is 0 Å². The lowest BCUT2D eigenvalue weighted by molar-refractivity contribution is -0.129. The largest absolute Gasteiger partial charge is 0.515 e. The molecule has 3 heteroatoms. The number of aliphatic hydroxyl groups is 1. The molecule has 1 rings (SSSR count). The molecule has 0 radical (unpaired) electrons. The molecule has 0 saturated heterocycles. The molecule has 0 fully saturated rings. The molecule has 1 aromatic rings. The number of hydrogen-bond acceptors (Lipinski definition) is 3. The van der Waals surface area contributed by atoms with Gasteiger partial charge in [-0.15, -0.1) is 0 Å². The third-order valence-corrected chi connectivity index (χ3v) is 1.17. The van der Waals surface area contributed by atoms with Gasteiger partial charge in [0.05, 0.1) is 12.3 Å². The summed E-state index contributed by atoms with van der Waals surface area (Å²) in [5.74, 6) is -0.135. The van der Waals surface area contributed by atoms with Gasteiger partial charge in [-0.1, -0.05) is 18.2 Å². The normalized spacial score (nSPS) is 10.0. The summed E-state index contributed by atoms with van der Waals surface area (Å²) in [4.78, 5) is 10.7. The molecule has 0 aliphatic carbocycles. The Morgan fingerprint density at radius 2 is 2.00 bits per heavy atom. The summed E-state index contributed by atoms with van der Waals surface area (Å²) < 4.78 is 4.77. The van der Waals surface area contributed by atoms with Crippen LogP contribution < -0.4 is 4.74 Å². The highest BCUT2D eigenvalue weighted by molar-refractivity contribution is 5.83. The second kappa shape index (κ2) is 4.18. The Morgan fingerprint density at radius 1 is 1.33 bits per heavy atom. The summed E-state index contributed by atoms with van der Waals surface area (Å²) >= 11 is 0. The maximum atomic E-state index is 10.7. The van der Waals surface area contributed by atoms with E-state index < -0.39 is 5.97 Å². The Balaban J connectivity index is 2.59. The van der Waals surface area contributed by atoms with Crippen molar-refractivity contribution in [1.29, 1.82) is 0 Å². The Morgan fingerprint density at radius 3 is 2.58 bits per heavy atom. The Hall–Kier alpha value is -1.77. The monoisotopic (exact) mass is 164 g/mol. The fraction of sp³-hybridized carbons (Fsp3) is 0. The predicted octanol–water partition coefficient (Wildman–Crippen LogP) is 1.66. The number of carbonyl (C=O) groups is 1. The van der Waals surface area contributed by atoms with Crippen LogP contribution in [0.25, 0.3) is 0 Å². The molecule has 0 aliphatic heterocycles. The summed E-state index contributed by atoms with van der Waals surface area (Å²) in [6.07, 6.45) is 1.58.